The van der Waals surface area contributed by atoms with Crippen molar-refractivity contribution in [3.05, 3.63) is 48.5 Å². The SMILES string of the molecule is O=C1OC2(CN(c3ccc4c(c3)OCO4)C2)CN1c1ccccc1. The first-order valence-electron chi connectivity index (χ1n) is 7.93. The smallest absolute Gasteiger partial charge is 0.415 e. The summed E-state index contributed by atoms with van der Waals surface area (Å²) in [5.74, 6) is 1.54. The van der Waals surface area contributed by atoms with Crippen LogP contribution in [0.2, 0.25) is 0 Å². The first-order chi connectivity index (χ1) is 11.7. The standard InChI is InChI=1S/C18H16N2O4/c21-17-20(13-4-2-1-3-5-13)11-18(24-17)9-19(10-18)14-6-7-15-16(8-14)23-12-22-15/h1-8H,9-12H2. The van der Waals surface area contributed by atoms with Crippen molar-refractivity contribution in [1.82, 2.24) is 0 Å². The van der Waals surface area contributed by atoms with Crippen LogP contribution in [-0.4, -0.2) is 38.1 Å². The number of ether oxygens (including phenoxy) is 3. The van der Waals surface area contributed by atoms with Crippen LogP contribution in [0.25, 0.3) is 0 Å². The molecule has 122 valence electrons. The molecule has 2 fully saturated rings. The van der Waals surface area contributed by atoms with Crippen LogP contribution in [0, 0.1) is 0 Å². The molecule has 2 aromatic carbocycles. The van der Waals surface area contributed by atoms with E-state index in [1.165, 1.54) is 0 Å². The Labute approximate surface area is 139 Å². The van der Waals surface area contributed by atoms with Gasteiger partial charge in [0, 0.05) is 17.4 Å². The normalized spacial score (nSPS) is 20.2. The molecule has 0 saturated carbocycles. The van der Waals surface area contributed by atoms with E-state index in [0.29, 0.717) is 19.6 Å². The maximum atomic E-state index is 12.2. The number of amides is 1. The average molecular weight is 324 g/mol. The maximum Gasteiger partial charge on any atom is 0.415 e. The van der Waals surface area contributed by atoms with E-state index >= 15 is 0 Å². The number of hydrogen-bond acceptors (Lipinski definition) is 5. The highest BCUT2D eigenvalue weighted by atomic mass is 16.7. The molecule has 0 N–H and O–H groups in total. The van der Waals surface area contributed by atoms with Crippen LogP contribution in [0.4, 0.5) is 16.2 Å². The minimum atomic E-state index is -0.427. The zero-order valence-corrected chi connectivity index (χ0v) is 13.0. The lowest BCUT2D eigenvalue weighted by atomic mass is 9.93. The number of rotatable bonds is 2. The first-order valence-corrected chi connectivity index (χ1v) is 7.93. The van der Waals surface area contributed by atoms with Gasteiger partial charge in [-0.25, -0.2) is 4.79 Å². The van der Waals surface area contributed by atoms with Crippen molar-refractivity contribution in [3.63, 3.8) is 0 Å². The van der Waals surface area contributed by atoms with Gasteiger partial charge in [0.1, 0.15) is 0 Å². The van der Waals surface area contributed by atoms with Crippen LogP contribution in [0.1, 0.15) is 0 Å². The molecule has 3 aliphatic heterocycles. The molecule has 0 aliphatic carbocycles. The monoisotopic (exact) mass is 324 g/mol. The Morgan fingerprint density at radius 2 is 1.67 bits per heavy atom. The summed E-state index contributed by atoms with van der Waals surface area (Å²) in [6.07, 6.45) is -0.272. The van der Waals surface area contributed by atoms with Crippen LogP contribution in [0.3, 0.4) is 0 Å². The molecule has 3 heterocycles. The van der Waals surface area contributed by atoms with Gasteiger partial charge in [-0.15, -0.1) is 0 Å². The molecule has 2 aromatic rings. The Hall–Kier alpha value is -2.89. The molecule has 6 heteroatoms. The summed E-state index contributed by atoms with van der Waals surface area (Å²) in [5.41, 5.74) is 1.50. The minimum absolute atomic E-state index is 0.270. The van der Waals surface area contributed by atoms with Gasteiger partial charge in [0.25, 0.3) is 0 Å². The van der Waals surface area contributed by atoms with Crippen molar-refractivity contribution in [2.75, 3.05) is 36.2 Å². The summed E-state index contributed by atoms with van der Waals surface area (Å²) in [4.78, 5) is 16.1. The van der Waals surface area contributed by atoms with Gasteiger partial charge in [0.05, 0.1) is 19.6 Å². The third-order valence-corrected chi connectivity index (χ3v) is 4.72. The van der Waals surface area contributed by atoms with Gasteiger partial charge < -0.3 is 19.1 Å². The van der Waals surface area contributed by atoms with Crippen LogP contribution in [0.15, 0.2) is 48.5 Å². The molecule has 0 atom stereocenters. The van der Waals surface area contributed by atoms with E-state index in [9.17, 15) is 4.79 Å². The predicted octanol–water partition coefficient (Wildman–Crippen LogP) is 2.63. The lowest BCUT2D eigenvalue weighted by Gasteiger charge is -2.46. The third-order valence-electron chi connectivity index (χ3n) is 4.72. The third kappa shape index (κ3) is 1.99. The predicted molar refractivity (Wildman–Crippen MR) is 87.8 cm³/mol. The Kier molecular flexibility index (Phi) is 2.71. The van der Waals surface area contributed by atoms with E-state index in [4.69, 9.17) is 14.2 Å². The molecule has 1 spiro atoms. The summed E-state index contributed by atoms with van der Waals surface area (Å²) >= 11 is 0. The molecule has 0 aromatic heterocycles. The lowest BCUT2D eigenvalue weighted by molar-refractivity contribution is 0.0332. The highest BCUT2D eigenvalue weighted by Crippen LogP contribution is 2.41. The largest absolute Gasteiger partial charge is 0.454 e. The summed E-state index contributed by atoms with van der Waals surface area (Å²) in [6, 6.07) is 15.5. The van der Waals surface area contributed by atoms with E-state index in [1.807, 2.05) is 48.5 Å². The fraction of sp³-hybridized carbons (Fsp3) is 0.278. The van der Waals surface area contributed by atoms with Gasteiger partial charge in [-0.3, -0.25) is 4.90 Å². The van der Waals surface area contributed by atoms with Crippen LogP contribution < -0.4 is 19.3 Å². The minimum Gasteiger partial charge on any atom is -0.454 e. The van der Waals surface area contributed by atoms with E-state index in [0.717, 1.165) is 22.9 Å². The first kappa shape index (κ1) is 13.5. The van der Waals surface area contributed by atoms with Crippen LogP contribution in [0.5, 0.6) is 11.5 Å². The molecule has 0 bridgehead atoms. The van der Waals surface area contributed by atoms with Crippen LogP contribution >= 0.6 is 0 Å². The molecule has 1 amide bonds. The molecule has 0 radical (unpaired) electrons. The van der Waals surface area contributed by atoms with E-state index in [2.05, 4.69) is 4.90 Å². The Morgan fingerprint density at radius 1 is 0.875 bits per heavy atom. The van der Waals surface area contributed by atoms with Gasteiger partial charge in [-0.2, -0.15) is 0 Å². The van der Waals surface area contributed by atoms with Crippen LogP contribution in [-0.2, 0) is 4.74 Å². The molecule has 24 heavy (non-hydrogen) atoms. The van der Waals surface area contributed by atoms with Crippen molar-refractivity contribution in [3.8, 4) is 11.5 Å². The van der Waals surface area contributed by atoms with E-state index in [1.54, 1.807) is 4.90 Å². The van der Waals surface area contributed by atoms with Crippen molar-refractivity contribution in [2.45, 2.75) is 5.60 Å². The maximum absolute atomic E-state index is 12.2. The summed E-state index contributed by atoms with van der Waals surface area (Å²) in [6.45, 7) is 2.21. The van der Waals surface area contributed by atoms with E-state index in [-0.39, 0.29) is 12.9 Å². The van der Waals surface area contributed by atoms with Crippen molar-refractivity contribution in [2.24, 2.45) is 0 Å². The molecular weight excluding hydrogens is 308 g/mol. The number of hydrogen-bond donors (Lipinski definition) is 0. The van der Waals surface area contributed by atoms with Gasteiger partial charge in [0.15, 0.2) is 17.1 Å². The van der Waals surface area contributed by atoms with Gasteiger partial charge in [-0.1, -0.05) is 18.2 Å². The molecule has 3 aliphatic rings. The number of carbonyl (C=O) groups is 1. The molecule has 5 rings (SSSR count). The highest BCUT2D eigenvalue weighted by molar-refractivity contribution is 5.90. The van der Waals surface area contributed by atoms with Crippen molar-refractivity contribution < 1.29 is 19.0 Å². The quantitative estimate of drug-likeness (QED) is 0.850. The van der Waals surface area contributed by atoms with Crippen molar-refractivity contribution in [1.29, 1.82) is 0 Å². The molecule has 0 unspecified atom stereocenters. The fourth-order valence-electron chi connectivity index (χ4n) is 3.51. The Morgan fingerprint density at radius 3 is 2.50 bits per heavy atom. The Balaban J connectivity index is 1.32. The average Bonchev–Trinajstić information content (AvgIpc) is 3.17. The zero-order valence-electron chi connectivity index (χ0n) is 13.0. The summed E-state index contributed by atoms with van der Waals surface area (Å²) in [7, 11) is 0. The summed E-state index contributed by atoms with van der Waals surface area (Å²) < 4.78 is 16.4. The molecule has 6 nitrogen and oxygen atoms in total. The lowest BCUT2D eigenvalue weighted by Crippen LogP contribution is -2.64. The number of carbonyl (C=O) groups excluding carboxylic acids is 1. The number of benzene rings is 2. The molecule has 2 saturated heterocycles. The van der Waals surface area contributed by atoms with E-state index < -0.39 is 5.60 Å². The highest BCUT2D eigenvalue weighted by Gasteiger charge is 2.54. The zero-order chi connectivity index (χ0) is 16.1. The molecular formula is C18H16N2O4. The topological polar surface area (TPSA) is 51.2 Å². The number of anilines is 2. The fourth-order valence-corrected chi connectivity index (χ4v) is 3.51. The van der Waals surface area contributed by atoms with Gasteiger partial charge in [0.2, 0.25) is 6.79 Å². The summed E-state index contributed by atoms with van der Waals surface area (Å²) in [5, 5.41) is 0. The second-order valence-corrected chi connectivity index (χ2v) is 6.37. The second kappa shape index (κ2) is 4.80. The number of para-hydroxylation sites is 1. The second-order valence-electron chi connectivity index (χ2n) is 6.37. The van der Waals surface area contributed by atoms with Gasteiger partial charge in [-0.05, 0) is 24.3 Å². The number of nitrogens with zero attached hydrogens (tertiary/aromatic N) is 2. The van der Waals surface area contributed by atoms with Gasteiger partial charge >= 0.3 is 6.09 Å². The van der Waals surface area contributed by atoms with Crippen molar-refractivity contribution >= 4 is 17.5 Å². The Bertz CT molecular complexity index is 802. The number of fused-ring (bicyclic) bond motifs is 1.